The maximum Gasteiger partial charge on any atom is 0.337 e. The molecule has 0 amide bonds. The van der Waals surface area contributed by atoms with E-state index < -0.39 is 0 Å². The Morgan fingerprint density at radius 3 is 2.44 bits per heavy atom. The summed E-state index contributed by atoms with van der Waals surface area (Å²) in [7, 11) is 1.36. The Morgan fingerprint density at radius 1 is 0.969 bits per heavy atom. The number of carbonyl (C=O) groups excluding carboxylic acids is 1. The van der Waals surface area contributed by atoms with Gasteiger partial charge in [-0.1, -0.05) is 48.5 Å². The average molecular weight is 420 g/mol. The molecule has 0 fully saturated rings. The Kier molecular flexibility index (Phi) is 6.24. The lowest BCUT2D eigenvalue weighted by atomic mass is 10.1. The quantitative estimate of drug-likeness (QED) is 0.297. The first-order valence-electron chi connectivity index (χ1n) is 10.0. The summed E-state index contributed by atoms with van der Waals surface area (Å²) in [5, 5.41) is 10.7. The molecular formula is C27H20N2O3. The number of pyridine rings is 1. The Hall–Kier alpha value is -4.43. The maximum absolute atomic E-state index is 11.5. The maximum atomic E-state index is 11.5. The highest BCUT2D eigenvalue weighted by Gasteiger charge is 2.06. The number of fused-ring (bicyclic) bond motifs is 1. The van der Waals surface area contributed by atoms with Crippen LogP contribution in [0.15, 0.2) is 84.9 Å². The summed E-state index contributed by atoms with van der Waals surface area (Å²) in [5.74, 6) is 0.346. The van der Waals surface area contributed by atoms with Crippen LogP contribution in [-0.2, 0) is 11.3 Å². The van der Waals surface area contributed by atoms with E-state index in [0.717, 1.165) is 22.0 Å². The molecule has 4 aromatic rings. The molecule has 0 radical (unpaired) electrons. The number of aromatic nitrogens is 1. The van der Waals surface area contributed by atoms with Crippen molar-refractivity contribution in [2.45, 2.75) is 6.61 Å². The second-order valence-electron chi connectivity index (χ2n) is 7.11. The number of esters is 1. The van der Waals surface area contributed by atoms with E-state index in [2.05, 4.69) is 11.1 Å². The number of rotatable bonds is 6. The van der Waals surface area contributed by atoms with Crippen molar-refractivity contribution in [3.63, 3.8) is 0 Å². The molecule has 0 N–H and O–H groups in total. The minimum absolute atomic E-state index is 0.364. The monoisotopic (exact) mass is 420 g/mol. The minimum Gasteiger partial charge on any atom is -0.489 e. The Bertz CT molecular complexity index is 1320. The number of nitrogens with zero attached hydrogens (tertiary/aromatic N) is 2. The number of hydrogen-bond donors (Lipinski definition) is 0. The first kappa shape index (κ1) is 20.8. The predicted octanol–water partition coefficient (Wildman–Crippen LogP) is 5.66. The lowest BCUT2D eigenvalue weighted by Crippen LogP contribution is -2.01. The van der Waals surface area contributed by atoms with E-state index in [1.54, 1.807) is 12.1 Å². The molecule has 0 spiro atoms. The molecule has 1 heterocycles. The van der Waals surface area contributed by atoms with Gasteiger partial charge >= 0.3 is 5.97 Å². The second kappa shape index (κ2) is 9.59. The minimum atomic E-state index is -0.364. The first-order valence-corrected chi connectivity index (χ1v) is 10.0. The van der Waals surface area contributed by atoms with Crippen molar-refractivity contribution < 1.29 is 14.3 Å². The van der Waals surface area contributed by atoms with Crippen molar-refractivity contribution in [3.05, 3.63) is 107 Å². The molecule has 0 unspecified atom stereocenters. The summed E-state index contributed by atoms with van der Waals surface area (Å²) in [6.45, 7) is 0.376. The normalized spacial score (nSPS) is 11.1. The zero-order valence-corrected chi connectivity index (χ0v) is 17.5. The molecule has 32 heavy (non-hydrogen) atoms. The predicted molar refractivity (Wildman–Crippen MR) is 124 cm³/mol. The van der Waals surface area contributed by atoms with E-state index >= 15 is 0 Å². The standard InChI is InChI=1S/C27H20N2O3/c1-31-27(30)22-10-6-20(7-11-22)18-32-24-13-8-19(9-14-24)16-23(17-28)26-15-12-21-4-2-3-5-25(21)29-26/h2-16H,18H2,1H3. The van der Waals surface area contributed by atoms with Gasteiger partial charge in [0.15, 0.2) is 0 Å². The van der Waals surface area contributed by atoms with Gasteiger partial charge in [0.05, 0.1) is 29.5 Å². The van der Waals surface area contributed by atoms with Gasteiger partial charge in [0.2, 0.25) is 0 Å². The topological polar surface area (TPSA) is 72.2 Å². The number of para-hydroxylation sites is 1. The molecule has 156 valence electrons. The van der Waals surface area contributed by atoms with E-state index in [0.29, 0.717) is 29.2 Å². The summed E-state index contributed by atoms with van der Waals surface area (Å²) in [6.07, 6.45) is 1.81. The largest absolute Gasteiger partial charge is 0.489 e. The number of benzene rings is 3. The summed E-state index contributed by atoms with van der Waals surface area (Å²) in [6, 6.07) is 28.5. The van der Waals surface area contributed by atoms with E-state index in [1.807, 2.05) is 78.9 Å². The molecule has 5 heteroatoms. The van der Waals surface area contributed by atoms with Crippen molar-refractivity contribution >= 4 is 28.5 Å². The summed E-state index contributed by atoms with van der Waals surface area (Å²) in [5.41, 5.74) is 4.32. The molecule has 4 rings (SSSR count). The fraction of sp³-hybridized carbons (Fsp3) is 0.0741. The Morgan fingerprint density at radius 2 is 1.72 bits per heavy atom. The van der Waals surface area contributed by atoms with Crippen molar-refractivity contribution in [2.75, 3.05) is 7.11 Å². The third-order valence-corrected chi connectivity index (χ3v) is 4.97. The van der Waals surface area contributed by atoms with Crippen LogP contribution in [0.2, 0.25) is 0 Å². The lowest BCUT2D eigenvalue weighted by molar-refractivity contribution is 0.0600. The summed E-state index contributed by atoms with van der Waals surface area (Å²) < 4.78 is 10.5. The van der Waals surface area contributed by atoms with Crippen LogP contribution in [0.25, 0.3) is 22.6 Å². The van der Waals surface area contributed by atoms with E-state index in [4.69, 9.17) is 9.47 Å². The van der Waals surface area contributed by atoms with Crippen LogP contribution in [0.1, 0.15) is 27.2 Å². The van der Waals surface area contributed by atoms with E-state index in [9.17, 15) is 10.1 Å². The number of carbonyl (C=O) groups is 1. The zero-order valence-electron chi connectivity index (χ0n) is 17.5. The molecule has 0 bridgehead atoms. The number of nitriles is 1. The molecule has 0 saturated heterocycles. The molecule has 0 atom stereocenters. The van der Waals surface area contributed by atoms with Crippen LogP contribution >= 0.6 is 0 Å². The van der Waals surface area contributed by atoms with Gasteiger partial charge in [0.25, 0.3) is 0 Å². The SMILES string of the molecule is COC(=O)c1ccc(COc2ccc(C=C(C#N)c3ccc4ccccc4n3)cc2)cc1. The van der Waals surface area contributed by atoms with Crippen LogP contribution in [-0.4, -0.2) is 18.1 Å². The fourth-order valence-electron chi connectivity index (χ4n) is 3.23. The van der Waals surface area contributed by atoms with E-state index in [-0.39, 0.29) is 5.97 Å². The number of hydrogen-bond acceptors (Lipinski definition) is 5. The third-order valence-electron chi connectivity index (χ3n) is 4.97. The molecule has 0 aliphatic heterocycles. The van der Waals surface area contributed by atoms with Gasteiger partial charge in [0, 0.05) is 5.39 Å². The number of allylic oxidation sites excluding steroid dienone is 1. The van der Waals surface area contributed by atoms with Gasteiger partial charge in [-0.25, -0.2) is 9.78 Å². The van der Waals surface area contributed by atoms with E-state index in [1.165, 1.54) is 7.11 Å². The van der Waals surface area contributed by atoms with Crippen LogP contribution < -0.4 is 4.74 Å². The third kappa shape index (κ3) is 4.82. The number of methoxy groups -OCH3 is 1. The molecule has 1 aromatic heterocycles. The van der Waals surface area contributed by atoms with Crippen LogP contribution in [0.5, 0.6) is 5.75 Å². The van der Waals surface area contributed by atoms with Crippen molar-refractivity contribution in [3.8, 4) is 11.8 Å². The van der Waals surface area contributed by atoms with Crippen molar-refractivity contribution in [1.82, 2.24) is 4.98 Å². The van der Waals surface area contributed by atoms with Gasteiger partial charge in [-0.05, 0) is 53.6 Å². The highest BCUT2D eigenvalue weighted by Crippen LogP contribution is 2.21. The Labute approximate surface area is 186 Å². The Balaban J connectivity index is 1.44. The van der Waals surface area contributed by atoms with Crippen LogP contribution in [0.3, 0.4) is 0 Å². The van der Waals surface area contributed by atoms with Crippen LogP contribution in [0.4, 0.5) is 0 Å². The molecular weight excluding hydrogens is 400 g/mol. The van der Waals surface area contributed by atoms with Crippen molar-refractivity contribution in [1.29, 1.82) is 5.26 Å². The van der Waals surface area contributed by atoms with Gasteiger partial charge in [0.1, 0.15) is 18.4 Å². The van der Waals surface area contributed by atoms with Gasteiger partial charge < -0.3 is 9.47 Å². The smallest absolute Gasteiger partial charge is 0.337 e. The van der Waals surface area contributed by atoms with Crippen molar-refractivity contribution in [2.24, 2.45) is 0 Å². The lowest BCUT2D eigenvalue weighted by Gasteiger charge is -2.07. The van der Waals surface area contributed by atoms with Crippen LogP contribution in [0, 0.1) is 11.3 Å². The summed E-state index contributed by atoms with van der Waals surface area (Å²) in [4.78, 5) is 16.1. The summed E-state index contributed by atoms with van der Waals surface area (Å²) >= 11 is 0. The zero-order chi connectivity index (χ0) is 22.3. The second-order valence-corrected chi connectivity index (χ2v) is 7.11. The van der Waals surface area contributed by atoms with Gasteiger partial charge in [-0.2, -0.15) is 5.26 Å². The molecule has 3 aromatic carbocycles. The fourth-order valence-corrected chi connectivity index (χ4v) is 3.23. The average Bonchev–Trinajstić information content (AvgIpc) is 2.86. The van der Waals surface area contributed by atoms with Gasteiger partial charge in [-0.15, -0.1) is 0 Å². The first-order chi connectivity index (χ1) is 15.7. The molecule has 0 saturated carbocycles. The molecule has 5 nitrogen and oxygen atoms in total. The molecule has 0 aliphatic carbocycles. The highest BCUT2D eigenvalue weighted by molar-refractivity contribution is 5.91. The number of ether oxygens (including phenoxy) is 2. The highest BCUT2D eigenvalue weighted by atomic mass is 16.5. The van der Waals surface area contributed by atoms with Gasteiger partial charge in [-0.3, -0.25) is 0 Å². The molecule has 0 aliphatic rings.